The molecule has 5 rings (SSSR count). The van der Waals surface area contributed by atoms with E-state index >= 15 is 0 Å². The van der Waals surface area contributed by atoms with E-state index < -0.39 is 12.0 Å². The van der Waals surface area contributed by atoms with E-state index in [2.05, 4.69) is 15.4 Å². The minimum Gasteiger partial charge on any atom is -0.463 e. The van der Waals surface area contributed by atoms with Crippen molar-refractivity contribution in [3.05, 3.63) is 96.0 Å². The van der Waals surface area contributed by atoms with Crippen LogP contribution >= 0.6 is 0 Å². The molecule has 0 radical (unpaired) electrons. The van der Waals surface area contributed by atoms with Crippen LogP contribution in [0.1, 0.15) is 25.5 Å². The van der Waals surface area contributed by atoms with Crippen molar-refractivity contribution < 1.29 is 14.3 Å². The zero-order chi connectivity index (χ0) is 24.4. The molecule has 1 N–H and O–H groups in total. The van der Waals surface area contributed by atoms with Gasteiger partial charge in [-0.2, -0.15) is 10.1 Å². The largest absolute Gasteiger partial charge is 0.463 e. The molecule has 4 aromatic rings. The first kappa shape index (κ1) is 22.3. The minimum absolute atomic E-state index is 0.0399. The number of anilines is 2. The standard InChI is InChI=1S/C27H25N5O3/c1-3-35-26(34)24-18(2)31(27-28-17-29-32(27)25(24)20-10-5-4-6-11-20)16-23(33)30-22-14-13-19-9-7-8-12-21(19)15-22/h4-15,17,25H,3,16H2,1-2H3,(H,30,33)/t25-/m1/s1. The molecule has 8 heteroatoms. The molecule has 0 bridgehead atoms. The van der Waals surface area contributed by atoms with E-state index in [-0.39, 0.29) is 19.1 Å². The molecule has 1 aliphatic heterocycles. The number of ether oxygens (including phenoxy) is 1. The van der Waals surface area contributed by atoms with Crippen molar-refractivity contribution >= 4 is 34.3 Å². The number of rotatable bonds is 6. The molecule has 8 nitrogen and oxygen atoms in total. The Kier molecular flexibility index (Phi) is 6.01. The smallest absolute Gasteiger partial charge is 0.338 e. The van der Waals surface area contributed by atoms with Crippen LogP contribution in [-0.2, 0) is 14.3 Å². The summed E-state index contributed by atoms with van der Waals surface area (Å²) in [4.78, 5) is 32.3. The summed E-state index contributed by atoms with van der Waals surface area (Å²) in [6.07, 6.45) is 1.43. The Hall–Kier alpha value is -4.46. The molecule has 0 saturated heterocycles. The van der Waals surface area contributed by atoms with E-state index in [1.54, 1.807) is 16.5 Å². The Morgan fingerprint density at radius 2 is 1.74 bits per heavy atom. The number of carbonyl (C=O) groups excluding carboxylic acids is 2. The van der Waals surface area contributed by atoms with E-state index in [0.29, 0.717) is 22.9 Å². The van der Waals surface area contributed by atoms with Gasteiger partial charge in [-0.15, -0.1) is 0 Å². The van der Waals surface area contributed by atoms with Crippen LogP contribution < -0.4 is 10.2 Å². The highest BCUT2D eigenvalue weighted by atomic mass is 16.5. The van der Waals surface area contributed by atoms with Gasteiger partial charge in [0.1, 0.15) is 18.9 Å². The van der Waals surface area contributed by atoms with Gasteiger partial charge in [0.25, 0.3) is 0 Å². The van der Waals surface area contributed by atoms with Gasteiger partial charge < -0.3 is 15.0 Å². The van der Waals surface area contributed by atoms with Gasteiger partial charge in [-0.25, -0.2) is 9.48 Å². The highest BCUT2D eigenvalue weighted by molar-refractivity contribution is 5.98. The molecule has 0 spiro atoms. The predicted octanol–water partition coefficient (Wildman–Crippen LogP) is 4.32. The molecular formula is C27H25N5O3. The van der Waals surface area contributed by atoms with E-state index in [1.165, 1.54) is 6.33 Å². The monoisotopic (exact) mass is 467 g/mol. The van der Waals surface area contributed by atoms with Gasteiger partial charge in [0, 0.05) is 11.4 Å². The molecule has 0 fully saturated rings. The van der Waals surface area contributed by atoms with Crippen LogP contribution in [0, 0.1) is 0 Å². The number of hydrogen-bond donors (Lipinski definition) is 1. The summed E-state index contributed by atoms with van der Waals surface area (Å²) in [7, 11) is 0. The number of nitrogens with zero attached hydrogens (tertiary/aromatic N) is 4. The summed E-state index contributed by atoms with van der Waals surface area (Å²) in [6, 6.07) is 22.8. The van der Waals surface area contributed by atoms with Crippen molar-refractivity contribution in [3.8, 4) is 0 Å². The first-order valence-corrected chi connectivity index (χ1v) is 11.5. The van der Waals surface area contributed by atoms with Gasteiger partial charge in [-0.1, -0.05) is 60.7 Å². The summed E-state index contributed by atoms with van der Waals surface area (Å²) in [5.74, 6) is -0.200. The summed E-state index contributed by atoms with van der Waals surface area (Å²) in [5.41, 5.74) is 2.60. The topological polar surface area (TPSA) is 89.3 Å². The number of fused-ring (bicyclic) bond motifs is 2. The van der Waals surface area contributed by atoms with Crippen LogP contribution in [0.15, 0.2) is 90.4 Å². The quantitative estimate of drug-likeness (QED) is 0.425. The average molecular weight is 468 g/mol. The van der Waals surface area contributed by atoms with Crippen LogP contribution in [-0.4, -0.2) is 39.8 Å². The Morgan fingerprint density at radius 3 is 2.51 bits per heavy atom. The molecule has 3 aromatic carbocycles. The van der Waals surface area contributed by atoms with Crippen LogP contribution in [0.2, 0.25) is 0 Å². The normalized spacial score (nSPS) is 15.1. The third kappa shape index (κ3) is 4.26. The van der Waals surface area contributed by atoms with Gasteiger partial charge in [0.05, 0.1) is 12.2 Å². The Morgan fingerprint density at radius 1 is 1.00 bits per heavy atom. The molecule has 176 valence electrons. The van der Waals surface area contributed by atoms with E-state index in [0.717, 1.165) is 16.3 Å². The van der Waals surface area contributed by atoms with Gasteiger partial charge in [-0.05, 0) is 42.3 Å². The summed E-state index contributed by atoms with van der Waals surface area (Å²) < 4.78 is 7.06. The number of esters is 1. The van der Waals surface area contributed by atoms with Gasteiger partial charge in [0.2, 0.25) is 11.9 Å². The van der Waals surface area contributed by atoms with Crippen LogP contribution in [0.25, 0.3) is 10.8 Å². The Labute approximate surface area is 202 Å². The van der Waals surface area contributed by atoms with Crippen molar-refractivity contribution in [2.75, 3.05) is 23.4 Å². The lowest BCUT2D eigenvalue weighted by Crippen LogP contribution is -2.40. The molecule has 1 aliphatic rings. The highest BCUT2D eigenvalue weighted by Gasteiger charge is 2.38. The van der Waals surface area contributed by atoms with Gasteiger partial charge in [-0.3, -0.25) is 4.79 Å². The maximum atomic E-state index is 13.1. The van der Waals surface area contributed by atoms with Gasteiger partial charge >= 0.3 is 5.97 Å². The predicted molar refractivity (Wildman–Crippen MR) is 134 cm³/mol. The fraction of sp³-hybridized carbons (Fsp3) is 0.185. The summed E-state index contributed by atoms with van der Waals surface area (Å²) >= 11 is 0. The molecular weight excluding hydrogens is 442 g/mol. The number of allylic oxidation sites excluding steroid dienone is 1. The Balaban J connectivity index is 1.48. The van der Waals surface area contributed by atoms with Crippen LogP contribution in [0.3, 0.4) is 0 Å². The lowest BCUT2D eigenvalue weighted by Gasteiger charge is -2.35. The molecule has 0 saturated carbocycles. The highest BCUT2D eigenvalue weighted by Crippen LogP contribution is 2.38. The minimum atomic E-state index is -0.507. The Bertz CT molecular complexity index is 1430. The number of benzene rings is 3. The van der Waals surface area contributed by atoms with Crippen LogP contribution in [0.4, 0.5) is 11.6 Å². The third-order valence-electron chi connectivity index (χ3n) is 6.05. The fourth-order valence-corrected chi connectivity index (χ4v) is 4.45. The number of carbonyl (C=O) groups is 2. The molecule has 1 aromatic heterocycles. The molecule has 0 aliphatic carbocycles. The van der Waals surface area contributed by atoms with Gasteiger partial charge in [0.15, 0.2) is 0 Å². The van der Waals surface area contributed by atoms with E-state index in [9.17, 15) is 9.59 Å². The lowest BCUT2D eigenvalue weighted by atomic mass is 9.95. The lowest BCUT2D eigenvalue weighted by molar-refractivity contribution is -0.139. The summed E-state index contributed by atoms with van der Waals surface area (Å²) in [6.45, 7) is 3.78. The molecule has 1 atom stereocenters. The second-order valence-corrected chi connectivity index (χ2v) is 8.23. The first-order valence-electron chi connectivity index (χ1n) is 11.5. The first-order chi connectivity index (χ1) is 17.1. The van der Waals surface area contributed by atoms with Crippen molar-refractivity contribution in [2.45, 2.75) is 19.9 Å². The molecule has 35 heavy (non-hydrogen) atoms. The maximum absolute atomic E-state index is 13.1. The van der Waals surface area contributed by atoms with Crippen LogP contribution in [0.5, 0.6) is 0 Å². The summed E-state index contributed by atoms with van der Waals surface area (Å²) in [5, 5.41) is 9.50. The number of amides is 1. The molecule has 2 heterocycles. The third-order valence-corrected chi connectivity index (χ3v) is 6.05. The number of nitrogens with one attached hydrogen (secondary N) is 1. The van der Waals surface area contributed by atoms with E-state index in [1.807, 2.05) is 79.7 Å². The second kappa shape index (κ2) is 9.42. The fourth-order valence-electron chi connectivity index (χ4n) is 4.45. The molecule has 1 amide bonds. The van der Waals surface area contributed by atoms with Crippen molar-refractivity contribution in [1.82, 2.24) is 14.8 Å². The van der Waals surface area contributed by atoms with Crippen molar-refractivity contribution in [1.29, 1.82) is 0 Å². The average Bonchev–Trinajstić information content (AvgIpc) is 3.35. The van der Waals surface area contributed by atoms with Crippen molar-refractivity contribution in [2.24, 2.45) is 0 Å². The molecule has 0 unspecified atom stereocenters. The number of aromatic nitrogens is 3. The number of hydrogen-bond acceptors (Lipinski definition) is 6. The zero-order valence-electron chi connectivity index (χ0n) is 19.5. The SMILES string of the molecule is CCOC(=O)C1=C(C)N(CC(=O)Nc2ccc3ccccc3c2)c2ncnn2[C@@H]1c1ccccc1. The second-order valence-electron chi connectivity index (χ2n) is 8.23. The van der Waals surface area contributed by atoms with E-state index in [4.69, 9.17) is 4.74 Å². The maximum Gasteiger partial charge on any atom is 0.338 e. The zero-order valence-corrected chi connectivity index (χ0v) is 19.5. The van der Waals surface area contributed by atoms with Crippen molar-refractivity contribution in [3.63, 3.8) is 0 Å².